The predicted octanol–water partition coefficient (Wildman–Crippen LogP) is 3.14. The molecular weight excluding hydrogens is 302 g/mol. The Morgan fingerprint density at radius 1 is 1.60 bits per heavy atom. The van der Waals surface area contributed by atoms with Crippen molar-refractivity contribution >= 4 is 34.8 Å². The van der Waals surface area contributed by atoms with Gasteiger partial charge in [-0.25, -0.2) is 0 Å². The van der Waals surface area contributed by atoms with Crippen molar-refractivity contribution in [1.82, 2.24) is 0 Å². The van der Waals surface area contributed by atoms with Crippen molar-refractivity contribution in [3.63, 3.8) is 0 Å². The smallest absolute Gasteiger partial charge is 0.316 e. The van der Waals surface area contributed by atoms with Gasteiger partial charge < -0.3 is 9.84 Å². The van der Waals surface area contributed by atoms with Crippen molar-refractivity contribution in [3.8, 4) is 0 Å². The van der Waals surface area contributed by atoms with Gasteiger partial charge in [-0.3, -0.25) is 14.9 Å². The largest absolute Gasteiger partial charge is 0.459 e. The van der Waals surface area contributed by atoms with Crippen LogP contribution in [0.5, 0.6) is 0 Å². The third kappa shape index (κ3) is 5.10. The lowest BCUT2D eigenvalue weighted by atomic mass is 10.2. The van der Waals surface area contributed by atoms with Gasteiger partial charge in [0.25, 0.3) is 5.69 Å². The molecule has 0 bridgehead atoms. The summed E-state index contributed by atoms with van der Waals surface area (Å²) in [6.07, 6.45) is -0.769. The minimum Gasteiger partial charge on any atom is -0.459 e. The average molecular weight is 319 g/mol. The minimum absolute atomic E-state index is 0.00211. The summed E-state index contributed by atoms with van der Waals surface area (Å²) >= 11 is 2.17. The van der Waals surface area contributed by atoms with Gasteiger partial charge in [-0.15, -0.1) is 11.3 Å². The number of nitrogens with zero attached hydrogens (tertiary/aromatic N) is 1. The number of ether oxygens (including phenoxy) is 1. The molecule has 8 heteroatoms. The molecule has 20 heavy (non-hydrogen) atoms. The second-order valence-electron chi connectivity index (χ2n) is 5.13. The Bertz CT molecular complexity index is 504. The predicted molar refractivity (Wildman–Crippen MR) is 78.2 cm³/mol. The van der Waals surface area contributed by atoms with Crippen LogP contribution in [-0.2, 0) is 9.53 Å². The van der Waals surface area contributed by atoms with Crippen LogP contribution in [0.1, 0.15) is 38.7 Å². The first-order valence-electron chi connectivity index (χ1n) is 5.91. The van der Waals surface area contributed by atoms with Crippen LogP contribution in [0.4, 0.5) is 5.69 Å². The molecule has 1 atom stereocenters. The second kappa shape index (κ2) is 6.55. The number of thiophene rings is 1. The molecule has 112 valence electrons. The Morgan fingerprint density at radius 3 is 2.65 bits per heavy atom. The highest BCUT2D eigenvalue weighted by Crippen LogP contribution is 2.39. The Labute approximate surface area is 125 Å². The van der Waals surface area contributed by atoms with Crippen LogP contribution in [0.15, 0.2) is 10.3 Å². The highest BCUT2D eigenvalue weighted by Gasteiger charge is 2.23. The number of aliphatic hydroxyl groups excluding tert-OH is 1. The molecule has 1 aromatic rings. The van der Waals surface area contributed by atoms with Gasteiger partial charge in [0, 0.05) is 10.9 Å². The number of rotatable bonds is 5. The van der Waals surface area contributed by atoms with E-state index in [1.165, 1.54) is 13.0 Å². The van der Waals surface area contributed by atoms with E-state index in [0.29, 0.717) is 9.09 Å². The third-order valence-corrected chi connectivity index (χ3v) is 4.59. The summed E-state index contributed by atoms with van der Waals surface area (Å²) < 4.78 is 5.54. The van der Waals surface area contributed by atoms with Crippen LogP contribution < -0.4 is 0 Å². The van der Waals surface area contributed by atoms with Crippen molar-refractivity contribution in [1.29, 1.82) is 0 Å². The fourth-order valence-corrected chi connectivity index (χ4v) is 3.40. The van der Waals surface area contributed by atoms with E-state index in [-0.39, 0.29) is 11.4 Å². The zero-order valence-electron chi connectivity index (χ0n) is 11.7. The van der Waals surface area contributed by atoms with E-state index in [1.807, 2.05) is 0 Å². The van der Waals surface area contributed by atoms with Crippen LogP contribution in [0.2, 0.25) is 0 Å². The maximum Gasteiger partial charge on any atom is 0.316 e. The lowest BCUT2D eigenvalue weighted by Gasteiger charge is -2.19. The topological polar surface area (TPSA) is 89.7 Å². The first-order chi connectivity index (χ1) is 9.10. The quantitative estimate of drug-likeness (QED) is 0.388. The Morgan fingerprint density at radius 2 is 2.20 bits per heavy atom. The zero-order chi connectivity index (χ0) is 15.5. The fraction of sp³-hybridized carbons (Fsp3) is 0.583. The highest BCUT2D eigenvalue weighted by atomic mass is 32.2. The molecule has 1 heterocycles. The molecule has 0 saturated heterocycles. The summed E-state index contributed by atoms with van der Waals surface area (Å²) in [5.41, 5.74) is -0.663. The van der Waals surface area contributed by atoms with Gasteiger partial charge in [0.05, 0.1) is 16.8 Å². The maximum atomic E-state index is 11.6. The Balaban J connectivity index is 2.77. The van der Waals surface area contributed by atoms with Crippen LogP contribution in [0, 0.1) is 10.1 Å². The molecule has 1 rings (SSSR count). The summed E-state index contributed by atoms with van der Waals surface area (Å²) in [7, 11) is 0. The molecule has 6 nitrogen and oxygen atoms in total. The van der Waals surface area contributed by atoms with Crippen molar-refractivity contribution < 1.29 is 19.6 Å². The number of carbonyl (C=O) groups excluding carboxylic acids is 1. The molecule has 1 aromatic heterocycles. The molecule has 0 spiro atoms. The maximum absolute atomic E-state index is 11.6. The van der Waals surface area contributed by atoms with E-state index in [1.54, 1.807) is 20.8 Å². The van der Waals surface area contributed by atoms with Crippen molar-refractivity contribution in [2.24, 2.45) is 0 Å². The van der Waals surface area contributed by atoms with Crippen LogP contribution in [0.25, 0.3) is 0 Å². The Kier molecular flexibility index (Phi) is 5.55. The monoisotopic (exact) mass is 319 g/mol. The van der Waals surface area contributed by atoms with Crippen LogP contribution in [-0.4, -0.2) is 27.4 Å². The molecule has 0 aliphatic rings. The first kappa shape index (κ1) is 16.9. The van der Waals surface area contributed by atoms with E-state index in [0.717, 1.165) is 23.1 Å². The molecule has 0 fully saturated rings. The summed E-state index contributed by atoms with van der Waals surface area (Å²) in [6.45, 7) is 6.82. The SMILES string of the molecule is C[C@H](O)c1cc([N+](=O)[O-])c(SCC(=O)OC(C)(C)C)s1. The molecule has 0 radical (unpaired) electrons. The fourth-order valence-electron chi connectivity index (χ4n) is 1.31. The Hall–Kier alpha value is -1.12. The number of nitro groups is 1. The number of hydrogen-bond donors (Lipinski definition) is 1. The first-order valence-corrected chi connectivity index (χ1v) is 7.71. The number of hydrogen-bond acceptors (Lipinski definition) is 7. The van der Waals surface area contributed by atoms with E-state index >= 15 is 0 Å². The molecule has 0 saturated carbocycles. The zero-order valence-corrected chi connectivity index (χ0v) is 13.3. The number of thioether (sulfide) groups is 1. The number of carbonyl (C=O) groups is 1. The van der Waals surface area contributed by atoms with Gasteiger partial charge in [0.2, 0.25) is 0 Å². The van der Waals surface area contributed by atoms with Gasteiger partial charge in [0.1, 0.15) is 9.81 Å². The summed E-state index contributed by atoms with van der Waals surface area (Å²) in [5.74, 6) is -0.429. The third-order valence-electron chi connectivity index (χ3n) is 2.05. The van der Waals surface area contributed by atoms with Gasteiger partial charge in [-0.2, -0.15) is 0 Å². The van der Waals surface area contributed by atoms with Crippen molar-refractivity contribution in [3.05, 3.63) is 21.1 Å². The summed E-state index contributed by atoms with van der Waals surface area (Å²) in [4.78, 5) is 22.5. The van der Waals surface area contributed by atoms with Gasteiger partial charge >= 0.3 is 5.97 Å². The normalized spacial score (nSPS) is 13.1. The van der Waals surface area contributed by atoms with Crippen molar-refractivity contribution in [2.75, 3.05) is 5.75 Å². The standard InChI is InChI=1S/C12H17NO5S2/c1-7(14)9-5-8(13(16)17)11(20-9)19-6-10(15)18-12(2,3)4/h5,7,14H,6H2,1-4H3/t7-/m0/s1. The van der Waals surface area contributed by atoms with Gasteiger partial charge in [-0.1, -0.05) is 11.8 Å². The molecule has 1 N–H and O–H groups in total. The lowest BCUT2D eigenvalue weighted by molar-refractivity contribution is -0.387. The lowest BCUT2D eigenvalue weighted by Crippen LogP contribution is -2.24. The highest BCUT2D eigenvalue weighted by molar-refractivity contribution is 8.01. The summed E-state index contributed by atoms with van der Waals surface area (Å²) in [6, 6.07) is 1.34. The van der Waals surface area contributed by atoms with Gasteiger partial charge in [0.15, 0.2) is 0 Å². The molecule has 0 aliphatic carbocycles. The molecule has 0 amide bonds. The molecule has 0 unspecified atom stereocenters. The number of aliphatic hydroxyl groups is 1. The van der Waals surface area contributed by atoms with E-state index < -0.39 is 22.6 Å². The van der Waals surface area contributed by atoms with Crippen molar-refractivity contribution in [2.45, 2.75) is 43.6 Å². The second-order valence-corrected chi connectivity index (χ2v) is 7.46. The van der Waals surface area contributed by atoms with Crippen LogP contribution in [0.3, 0.4) is 0 Å². The summed E-state index contributed by atoms with van der Waals surface area (Å²) in [5, 5.41) is 20.4. The van der Waals surface area contributed by atoms with E-state index in [4.69, 9.17) is 4.74 Å². The minimum atomic E-state index is -0.769. The van der Waals surface area contributed by atoms with E-state index in [2.05, 4.69) is 0 Å². The number of esters is 1. The van der Waals surface area contributed by atoms with Gasteiger partial charge in [-0.05, 0) is 27.7 Å². The van der Waals surface area contributed by atoms with E-state index in [9.17, 15) is 20.0 Å². The molecule has 0 aliphatic heterocycles. The average Bonchev–Trinajstić information content (AvgIpc) is 2.68. The molecular formula is C12H17NO5S2. The van der Waals surface area contributed by atoms with Crippen LogP contribution >= 0.6 is 23.1 Å². The molecule has 0 aromatic carbocycles.